The summed E-state index contributed by atoms with van der Waals surface area (Å²) in [5, 5.41) is 18.6. The van der Waals surface area contributed by atoms with Gasteiger partial charge in [0.15, 0.2) is 5.69 Å². The summed E-state index contributed by atoms with van der Waals surface area (Å²) in [4.78, 5) is 22.4. The van der Waals surface area contributed by atoms with Crippen LogP contribution >= 0.6 is 0 Å². The van der Waals surface area contributed by atoms with Crippen molar-refractivity contribution in [2.45, 2.75) is 32.4 Å². The fourth-order valence-electron chi connectivity index (χ4n) is 2.30. The molecule has 0 saturated carbocycles. The Morgan fingerprint density at radius 1 is 1.60 bits per heavy atom. The average molecular weight is 282 g/mol. The van der Waals surface area contributed by atoms with Gasteiger partial charge >= 0.3 is 5.97 Å². The largest absolute Gasteiger partial charge is 0.476 e. The van der Waals surface area contributed by atoms with Gasteiger partial charge in [0.25, 0.3) is 0 Å². The van der Waals surface area contributed by atoms with Crippen molar-refractivity contribution in [3.63, 3.8) is 0 Å². The number of carbonyl (C=O) groups is 2. The van der Waals surface area contributed by atoms with Gasteiger partial charge in [-0.1, -0.05) is 12.1 Å². The lowest BCUT2D eigenvalue weighted by molar-refractivity contribution is -0.122. The van der Waals surface area contributed by atoms with Crippen molar-refractivity contribution in [2.75, 3.05) is 13.2 Å². The first kappa shape index (κ1) is 14.4. The van der Waals surface area contributed by atoms with Gasteiger partial charge in [-0.3, -0.25) is 4.79 Å². The van der Waals surface area contributed by atoms with Gasteiger partial charge in [-0.2, -0.15) is 0 Å². The molecule has 0 spiro atoms. The fraction of sp³-hybridized carbons (Fsp3) is 0.667. The summed E-state index contributed by atoms with van der Waals surface area (Å²) in [5.41, 5.74) is -0.173. The second kappa shape index (κ2) is 6.47. The van der Waals surface area contributed by atoms with Gasteiger partial charge in [-0.25, -0.2) is 9.48 Å². The Morgan fingerprint density at radius 2 is 2.40 bits per heavy atom. The van der Waals surface area contributed by atoms with Crippen LogP contribution in [-0.4, -0.2) is 51.2 Å². The van der Waals surface area contributed by atoms with Gasteiger partial charge in [-0.05, 0) is 12.8 Å². The predicted molar refractivity (Wildman–Crippen MR) is 68.1 cm³/mol. The van der Waals surface area contributed by atoms with E-state index in [1.54, 1.807) is 0 Å². The van der Waals surface area contributed by atoms with Crippen LogP contribution < -0.4 is 5.32 Å². The van der Waals surface area contributed by atoms with Crippen LogP contribution in [0.4, 0.5) is 0 Å². The maximum atomic E-state index is 11.8. The molecule has 1 amide bonds. The molecule has 2 atom stereocenters. The molecule has 2 unspecified atom stereocenters. The third-order valence-corrected chi connectivity index (χ3v) is 3.37. The molecule has 8 heteroatoms. The minimum atomic E-state index is -1.16. The van der Waals surface area contributed by atoms with Crippen LogP contribution in [0.3, 0.4) is 0 Å². The molecule has 1 aliphatic rings. The molecule has 1 aromatic heterocycles. The summed E-state index contributed by atoms with van der Waals surface area (Å²) in [6.07, 6.45) is 3.33. The fourth-order valence-corrected chi connectivity index (χ4v) is 2.30. The topological polar surface area (TPSA) is 106 Å². The highest BCUT2D eigenvalue weighted by Crippen LogP contribution is 2.22. The Balaban J connectivity index is 1.78. The van der Waals surface area contributed by atoms with E-state index in [1.165, 1.54) is 10.9 Å². The van der Waals surface area contributed by atoms with Crippen LogP contribution in [0.2, 0.25) is 0 Å². The van der Waals surface area contributed by atoms with Crippen LogP contribution in [0, 0.1) is 5.92 Å². The molecule has 1 fully saturated rings. The second-order valence-corrected chi connectivity index (χ2v) is 4.78. The molecule has 2 heterocycles. The van der Waals surface area contributed by atoms with E-state index in [1.807, 2.05) is 0 Å². The Hall–Kier alpha value is -1.96. The quantitative estimate of drug-likeness (QED) is 0.755. The van der Waals surface area contributed by atoms with E-state index in [0.29, 0.717) is 12.5 Å². The van der Waals surface area contributed by atoms with E-state index in [2.05, 4.69) is 22.6 Å². The zero-order valence-corrected chi connectivity index (χ0v) is 11.3. The van der Waals surface area contributed by atoms with Gasteiger partial charge < -0.3 is 15.2 Å². The Morgan fingerprint density at radius 3 is 3.05 bits per heavy atom. The Labute approximate surface area is 116 Å². The molecular formula is C12H18N4O4. The molecule has 1 aliphatic heterocycles. The first-order valence-electron chi connectivity index (χ1n) is 6.62. The van der Waals surface area contributed by atoms with E-state index in [-0.39, 0.29) is 24.2 Å². The number of amides is 1. The van der Waals surface area contributed by atoms with Crippen molar-refractivity contribution in [1.82, 2.24) is 20.3 Å². The van der Waals surface area contributed by atoms with Gasteiger partial charge in [-0.15, -0.1) is 5.10 Å². The number of rotatable bonds is 6. The third-order valence-electron chi connectivity index (χ3n) is 3.37. The number of nitrogens with one attached hydrogen (secondary N) is 1. The van der Waals surface area contributed by atoms with Crippen molar-refractivity contribution in [2.24, 2.45) is 5.92 Å². The molecule has 2 rings (SSSR count). The zero-order valence-electron chi connectivity index (χ0n) is 11.3. The standard InChI is InChI=1S/C12H18N4O4/c1-2-10-8(3-4-20-10)5-13-11(17)7-16-6-9(12(18)19)14-15-16/h6,8,10H,2-5,7H2,1H3,(H,13,17)(H,18,19). The van der Waals surface area contributed by atoms with Crippen LogP contribution in [0.25, 0.3) is 0 Å². The van der Waals surface area contributed by atoms with Gasteiger partial charge in [0.05, 0.1) is 12.3 Å². The van der Waals surface area contributed by atoms with E-state index in [0.717, 1.165) is 19.4 Å². The molecule has 0 aliphatic carbocycles. The molecule has 0 bridgehead atoms. The number of aromatic nitrogens is 3. The summed E-state index contributed by atoms with van der Waals surface area (Å²) in [7, 11) is 0. The second-order valence-electron chi connectivity index (χ2n) is 4.78. The maximum absolute atomic E-state index is 11.8. The predicted octanol–water partition coefficient (Wildman–Crippen LogP) is -0.0924. The number of ether oxygens (including phenoxy) is 1. The minimum absolute atomic E-state index is 0.0371. The monoisotopic (exact) mass is 282 g/mol. The first-order valence-corrected chi connectivity index (χ1v) is 6.62. The van der Waals surface area contributed by atoms with E-state index in [4.69, 9.17) is 9.84 Å². The smallest absolute Gasteiger partial charge is 0.358 e. The Bertz CT molecular complexity index is 488. The van der Waals surface area contributed by atoms with E-state index < -0.39 is 5.97 Å². The van der Waals surface area contributed by atoms with Crippen LogP contribution in [0.15, 0.2) is 6.20 Å². The normalized spacial score (nSPS) is 21.9. The molecule has 0 radical (unpaired) electrons. The minimum Gasteiger partial charge on any atom is -0.476 e. The van der Waals surface area contributed by atoms with E-state index in [9.17, 15) is 9.59 Å². The third kappa shape index (κ3) is 3.53. The number of aromatic carboxylic acids is 1. The number of hydrogen-bond acceptors (Lipinski definition) is 5. The number of carboxylic acids is 1. The molecule has 0 aromatic carbocycles. The lowest BCUT2D eigenvalue weighted by Crippen LogP contribution is -2.34. The van der Waals surface area contributed by atoms with Gasteiger partial charge in [0.1, 0.15) is 6.54 Å². The number of carbonyl (C=O) groups excluding carboxylic acids is 1. The van der Waals surface area contributed by atoms with Crippen molar-refractivity contribution < 1.29 is 19.4 Å². The number of nitrogens with zero attached hydrogens (tertiary/aromatic N) is 3. The summed E-state index contributed by atoms with van der Waals surface area (Å²) < 4.78 is 6.76. The lowest BCUT2D eigenvalue weighted by Gasteiger charge is -2.17. The van der Waals surface area contributed by atoms with Gasteiger partial charge in [0.2, 0.25) is 5.91 Å². The molecule has 1 saturated heterocycles. The molecule has 2 N–H and O–H groups in total. The number of hydrogen-bond donors (Lipinski definition) is 2. The molecule has 1 aromatic rings. The zero-order chi connectivity index (χ0) is 14.5. The summed E-state index contributed by atoms with van der Waals surface area (Å²) in [5.74, 6) is -1.03. The molecule has 110 valence electrons. The number of carboxylic acid groups (broad SMARTS) is 1. The van der Waals surface area contributed by atoms with Crippen LogP contribution in [0.5, 0.6) is 0 Å². The van der Waals surface area contributed by atoms with Crippen molar-refractivity contribution in [1.29, 1.82) is 0 Å². The maximum Gasteiger partial charge on any atom is 0.358 e. The summed E-state index contributed by atoms with van der Waals surface area (Å²) in [6.45, 7) is 3.33. The van der Waals surface area contributed by atoms with Gasteiger partial charge in [0, 0.05) is 19.1 Å². The molecule has 8 nitrogen and oxygen atoms in total. The highest BCUT2D eigenvalue weighted by Gasteiger charge is 2.26. The SMILES string of the molecule is CCC1OCCC1CNC(=O)Cn1cc(C(=O)O)nn1. The molecular weight excluding hydrogens is 264 g/mol. The molecule has 20 heavy (non-hydrogen) atoms. The Kier molecular flexibility index (Phi) is 4.67. The summed E-state index contributed by atoms with van der Waals surface area (Å²) in [6, 6.07) is 0. The summed E-state index contributed by atoms with van der Waals surface area (Å²) >= 11 is 0. The van der Waals surface area contributed by atoms with Crippen molar-refractivity contribution >= 4 is 11.9 Å². The van der Waals surface area contributed by atoms with Crippen molar-refractivity contribution in [3.8, 4) is 0 Å². The lowest BCUT2D eigenvalue weighted by atomic mass is 10.00. The van der Waals surface area contributed by atoms with Crippen molar-refractivity contribution in [3.05, 3.63) is 11.9 Å². The van der Waals surface area contributed by atoms with Crippen LogP contribution in [0.1, 0.15) is 30.3 Å². The first-order chi connectivity index (χ1) is 9.60. The average Bonchev–Trinajstić information content (AvgIpc) is 3.04. The van der Waals surface area contributed by atoms with Crippen LogP contribution in [-0.2, 0) is 16.1 Å². The highest BCUT2D eigenvalue weighted by atomic mass is 16.5. The highest BCUT2D eigenvalue weighted by molar-refractivity contribution is 5.84. The van der Waals surface area contributed by atoms with E-state index >= 15 is 0 Å².